The summed E-state index contributed by atoms with van der Waals surface area (Å²) in [7, 11) is 0. The van der Waals surface area contributed by atoms with E-state index in [-0.39, 0.29) is 5.75 Å². The SMILES string of the molecule is C=CC(=O)Oc1ccc(-c2ccccc2)c(C#N)c1OCCCCC. The predicted octanol–water partition coefficient (Wildman–Crippen LogP) is 4.89. The molecule has 2 aromatic rings. The second-order valence-electron chi connectivity index (χ2n) is 5.47. The normalized spacial score (nSPS) is 9.92. The highest BCUT2D eigenvalue weighted by molar-refractivity contribution is 5.85. The number of nitriles is 1. The van der Waals surface area contributed by atoms with E-state index in [1.54, 1.807) is 12.1 Å². The van der Waals surface area contributed by atoms with Gasteiger partial charge in [-0.05, 0) is 24.1 Å². The molecule has 0 aliphatic rings. The van der Waals surface area contributed by atoms with Crippen molar-refractivity contribution in [2.45, 2.75) is 26.2 Å². The average Bonchev–Trinajstić information content (AvgIpc) is 2.66. The Hall–Kier alpha value is -3.06. The van der Waals surface area contributed by atoms with Crippen molar-refractivity contribution < 1.29 is 14.3 Å². The molecule has 4 heteroatoms. The number of carbonyl (C=O) groups is 1. The molecular weight excluding hydrogens is 314 g/mol. The first-order valence-corrected chi connectivity index (χ1v) is 8.30. The van der Waals surface area contributed by atoms with Gasteiger partial charge < -0.3 is 9.47 Å². The van der Waals surface area contributed by atoms with Crippen LogP contribution in [0.2, 0.25) is 0 Å². The van der Waals surface area contributed by atoms with Crippen LogP contribution < -0.4 is 9.47 Å². The van der Waals surface area contributed by atoms with Crippen LogP contribution in [0, 0.1) is 11.3 Å². The van der Waals surface area contributed by atoms with E-state index in [0.29, 0.717) is 17.9 Å². The van der Waals surface area contributed by atoms with Crippen LogP contribution in [0.5, 0.6) is 11.5 Å². The van der Waals surface area contributed by atoms with E-state index in [2.05, 4.69) is 19.6 Å². The van der Waals surface area contributed by atoms with Gasteiger partial charge in [0.1, 0.15) is 11.6 Å². The summed E-state index contributed by atoms with van der Waals surface area (Å²) in [6, 6.07) is 15.2. The monoisotopic (exact) mass is 335 g/mol. The topological polar surface area (TPSA) is 59.3 Å². The van der Waals surface area contributed by atoms with Gasteiger partial charge in [0.2, 0.25) is 0 Å². The molecule has 2 rings (SSSR count). The van der Waals surface area contributed by atoms with Gasteiger partial charge in [0.25, 0.3) is 0 Å². The zero-order valence-corrected chi connectivity index (χ0v) is 14.3. The van der Waals surface area contributed by atoms with E-state index in [1.807, 2.05) is 30.3 Å². The first-order chi connectivity index (χ1) is 12.2. The number of ether oxygens (including phenoxy) is 2. The van der Waals surface area contributed by atoms with E-state index in [4.69, 9.17) is 9.47 Å². The Bertz CT molecular complexity index is 776. The molecular formula is C21H21NO3. The minimum atomic E-state index is -0.588. The van der Waals surface area contributed by atoms with Gasteiger partial charge in [-0.3, -0.25) is 0 Å². The van der Waals surface area contributed by atoms with E-state index in [0.717, 1.165) is 36.5 Å². The van der Waals surface area contributed by atoms with Crippen LogP contribution in [0.15, 0.2) is 55.1 Å². The first kappa shape index (κ1) is 18.3. The van der Waals surface area contributed by atoms with Crippen molar-refractivity contribution in [1.82, 2.24) is 0 Å². The number of esters is 1. The number of benzene rings is 2. The van der Waals surface area contributed by atoms with E-state index < -0.39 is 5.97 Å². The largest absolute Gasteiger partial charge is 0.488 e. The Labute approximate surface area is 148 Å². The number of hydrogen-bond acceptors (Lipinski definition) is 4. The maximum Gasteiger partial charge on any atom is 0.335 e. The number of carbonyl (C=O) groups excluding carboxylic acids is 1. The van der Waals surface area contributed by atoms with Gasteiger partial charge in [-0.25, -0.2) is 4.79 Å². The predicted molar refractivity (Wildman–Crippen MR) is 97.4 cm³/mol. The fraction of sp³-hybridized carbons (Fsp3) is 0.238. The number of hydrogen-bond donors (Lipinski definition) is 0. The van der Waals surface area contributed by atoms with Crippen LogP contribution in [0.25, 0.3) is 11.1 Å². The molecule has 0 aromatic heterocycles. The quantitative estimate of drug-likeness (QED) is 0.298. The third kappa shape index (κ3) is 4.71. The van der Waals surface area contributed by atoms with Gasteiger partial charge in [-0.15, -0.1) is 0 Å². The summed E-state index contributed by atoms with van der Waals surface area (Å²) in [5.74, 6) is -0.0532. The molecule has 2 aromatic carbocycles. The molecule has 128 valence electrons. The smallest absolute Gasteiger partial charge is 0.335 e. The van der Waals surface area contributed by atoms with Crippen molar-refractivity contribution in [2.24, 2.45) is 0 Å². The minimum absolute atomic E-state index is 0.234. The maximum absolute atomic E-state index is 11.6. The number of unbranched alkanes of at least 4 members (excludes halogenated alkanes) is 2. The number of nitrogens with zero attached hydrogens (tertiary/aromatic N) is 1. The van der Waals surface area contributed by atoms with Gasteiger partial charge in [-0.1, -0.05) is 56.7 Å². The van der Waals surface area contributed by atoms with Crippen LogP contribution in [0.3, 0.4) is 0 Å². The Morgan fingerprint density at radius 2 is 1.96 bits per heavy atom. The summed E-state index contributed by atoms with van der Waals surface area (Å²) >= 11 is 0. The van der Waals surface area contributed by atoms with E-state index in [9.17, 15) is 10.1 Å². The van der Waals surface area contributed by atoms with Crippen molar-refractivity contribution in [1.29, 1.82) is 5.26 Å². The van der Waals surface area contributed by atoms with Crippen molar-refractivity contribution in [3.05, 3.63) is 60.7 Å². The van der Waals surface area contributed by atoms with Crippen LogP contribution >= 0.6 is 0 Å². The van der Waals surface area contributed by atoms with Gasteiger partial charge in [0.15, 0.2) is 11.5 Å². The molecule has 0 N–H and O–H groups in total. The van der Waals surface area contributed by atoms with Crippen LogP contribution in [-0.4, -0.2) is 12.6 Å². The second-order valence-corrected chi connectivity index (χ2v) is 5.47. The molecule has 0 aliphatic heterocycles. The maximum atomic E-state index is 11.6. The van der Waals surface area contributed by atoms with Gasteiger partial charge >= 0.3 is 5.97 Å². The molecule has 0 saturated heterocycles. The molecule has 0 spiro atoms. The van der Waals surface area contributed by atoms with Crippen LogP contribution in [0.1, 0.15) is 31.7 Å². The Morgan fingerprint density at radius 3 is 2.60 bits per heavy atom. The zero-order chi connectivity index (χ0) is 18.1. The molecule has 0 unspecified atom stereocenters. The fourth-order valence-corrected chi connectivity index (χ4v) is 2.43. The lowest BCUT2D eigenvalue weighted by atomic mass is 9.99. The summed E-state index contributed by atoms with van der Waals surface area (Å²) < 4.78 is 11.1. The van der Waals surface area contributed by atoms with Gasteiger partial charge in [-0.2, -0.15) is 5.26 Å². The lowest BCUT2D eigenvalue weighted by molar-refractivity contribution is -0.129. The van der Waals surface area contributed by atoms with Crippen LogP contribution in [-0.2, 0) is 4.79 Å². The number of rotatable bonds is 8. The molecule has 0 atom stereocenters. The molecule has 25 heavy (non-hydrogen) atoms. The average molecular weight is 335 g/mol. The molecule has 0 bridgehead atoms. The van der Waals surface area contributed by atoms with Crippen molar-refractivity contribution in [3.8, 4) is 28.7 Å². The zero-order valence-electron chi connectivity index (χ0n) is 14.3. The molecule has 0 amide bonds. The van der Waals surface area contributed by atoms with E-state index >= 15 is 0 Å². The second kappa shape index (κ2) is 9.29. The summed E-state index contributed by atoms with van der Waals surface area (Å²) in [6.07, 6.45) is 4.04. The third-order valence-corrected chi connectivity index (χ3v) is 3.69. The third-order valence-electron chi connectivity index (χ3n) is 3.69. The molecule has 4 nitrogen and oxygen atoms in total. The summed E-state index contributed by atoms with van der Waals surface area (Å²) in [4.78, 5) is 11.6. The Balaban J connectivity index is 2.45. The summed E-state index contributed by atoms with van der Waals surface area (Å²) in [6.45, 7) is 5.96. The lowest BCUT2D eigenvalue weighted by Crippen LogP contribution is -2.08. The first-order valence-electron chi connectivity index (χ1n) is 8.30. The highest BCUT2D eigenvalue weighted by Crippen LogP contribution is 2.38. The van der Waals surface area contributed by atoms with Crippen molar-refractivity contribution in [2.75, 3.05) is 6.61 Å². The molecule has 0 heterocycles. The standard InChI is InChI=1S/C21H21NO3/c1-3-5-9-14-24-21-18(15-22)17(16-10-7-6-8-11-16)12-13-19(21)25-20(23)4-2/h4,6-8,10-13H,2-3,5,9,14H2,1H3. The Morgan fingerprint density at radius 1 is 1.20 bits per heavy atom. The van der Waals surface area contributed by atoms with Gasteiger partial charge in [0, 0.05) is 11.6 Å². The van der Waals surface area contributed by atoms with Crippen LogP contribution in [0.4, 0.5) is 0 Å². The van der Waals surface area contributed by atoms with Crippen molar-refractivity contribution in [3.63, 3.8) is 0 Å². The van der Waals surface area contributed by atoms with E-state index in [1.165, 1.54) is 0 Å². The lowest BCUT2D eigenvalue weighted by Gasteiger charge is -2.15. The molecule has 0 saturated carbocycles. The fourth-order valence-electron chi connectivity index (χ4n) is 2.43. The molecule has 0 aliphatic carbocycles. The minimum Gasteiger partial charge on any atom is -0.488 e. The molecule has 0 fully saturated rings. The Kier molecular flexibility index (Phi) is 6.79. The highest BCUT2D eigenvalue weighted by Gasteiger charge is 2.18. The highest BCUT2D eigenvalue weighted by atomic mass is 16.6. The summed E-state index contributed by atoms with van der Waals surface area (Å²) in [5.41, 5.74) is 2.00. The van der Waals surface area contributed by atoms with Gasteiger partial charge in [0.05, 0.1) is 6.61 Å². The van der Waals surface area contributed by atoms with Crippen molar-refractivity contribution >= 4 is 5.97 Å². The molecule has 0 radical (unpaired) electrons. The summed E-state index contributed by atoms with van der Waals surface area (Å²) in [5, 5.41) is 9.69.